The second-order valence-electron chi connectivity index (χ2n) is 9.26. The zero-order chi connectivity index (χ0) is 26.5. The average molecular weight is 508 g/mol. The number of rotatable bonds is 6. The number of anilines is 1. The van der Waals surface area contributed by atoms with Crippen LogP contribution in [0.1, 0.15) is 24.2 Å². The number of aliphatic hydroxyl groups excluding tert-OH is 1. The van der Waals surface area contributed by atoms with Crippen molar-refractivity contribution >= 4 is 17.6 Å². The van der Waals surface area contributed by atoms with Crippen LogP contribution in [-0.4, -0.2) is 75.7 Å². The van der Waals surface area contributed by atoms with Crippen molar-refractivity contribution in [1.29, 1.82) is 0 Å². The Labute approximate surface area is 214 Å². The van der Waals surface area contributed by atoms with Gasteiger partial charge in [0.2, 0.25) is 5.88 Å². The molecule has 0 saturated carbocycles. The van der Waals surface area contributed by atoms with E-state index in [0.29, 0.717) is 17.8 Å². The van der Waals surface area contributed by atoms with Crippen LogP contribution in [0.15, 0.2) is 61.1 Å². The molecule has 10 heteroatoms. The standard InChI is InChI=1S/C27H30FN5O4/c1-17-14-33(18(2)16-34)26(35)23-11-20(19-5-4-10-29-12-19)13-30-25(23)37-24(17)15-32(3)27(36)31-22-8-6-21(28)7-9-22/h4-13,17-18,24,34H,14-16H2,1-3H3,(H,31,36)/t17-,18-,24-/m1/s1. The van der Waals surface area contributed by atoms with Gasteiger partial charge in [0.25, 0.3) is 5.91 Å². The molecule has 0 bridgehead atoms. The lowest BCUT2D eigenvalue weighted by atomic mass is 9.99. The molecule has 1 aliphatic rings. The van der Waals surface area contributed by atoms with E-state index in [1.54, 1.807) is 49.6 Å². The fourth-order valence-corrected chi connectivity index (χ4v) is 4.12. The van der Waals surface area contributed by atoms with Gasteiger partial charge >= 0.3 is 6.03 Å². The van der Waals surface area contributed by atoms with Crippen LogP contribution in [0.4, 0.5) is 14.9 Å². The maximum Gasteiger partial charge on any atom is 0.321 e. The number of aromatic nitrogens is 2. The molecule has 2 N–H and O–H groups in total. The second-order valence-corrected chi connectivity index (χ2v) is 9.26. The predicted octanol–water partition coefficient (Wildman–Crippen LogP) is 3.67. The van der Waals surface area contributed by atoms with Crippen LogP contribution in [-0.2, 0) is 0 Å². The van der Waals surface area contributed by atoms with Gasteiger partial charge in [0.05, 0.1) is 19.2 Å². The number of hydrogen-bond donors (Lipinski definition) is 2. The molecule has 0 unspecified atom stereocenters. The highest BCUT2D eigenvalue weighted by atomic mass is 19.1. The van der Waals surface area contributed by atoms with E-state index in [4.69, 9.17) is 4.74 Å². The van der Waals surface area contributed by atoms with Crippen LogP contribution in [0, 0.1) is 11.7 Å². The number of nitrogens with zero attached hydrogens (tertiary/aromatic N) is 4. The summed E-state index contributed by atoms with van der Waals surface area (Å²) in [4.78, 5) is 38.0. The number of aliphatic hydroxyl groups is 1. The van der Waals surface area contributed by atoms with E-state index in [9.17, 15) is 19.1 Å². The Hall–Kier alpha value is -4.05. The van der Waals surface area contributed by atoms with Crippen molar-refractivity contribution in [2.24, 2.45) is 5.92 Å². The Bertz CT molecular complexity index is 1240. The Kier molecular flexibility index (Phi) is 7.98. The van der Waals surface area contributed by atoms with Gasteiger partial charge in [-0.2, -0.15) is 0 Å². The highest BCUT2D eigenvalue weighted by Crippen LogP contribution is 2.30. The molecule has 0 aliphatic carbocycles. The maximum absolute atomic E-state index is 13.6. The molecule has 0 radical (unpaired) electrons. The van der Waals surface area contributed by atoms with E-state index >= 15 is 0 Å². The largest absolute Gasteiger partial charge is 0.472 e. The van der Waals surface area contributed by atoms with E-state index < -0.39 is 18.0 Å². The van der Waals surface area contributed by atoms with Gasteiger partial charge < -0.3 is 25.0 Å². The molecule has 3 atom stereocenters. The quantitative estimate of drug-likeness (QED) is 0.527. The third kappa shape index (κ3) is 6.03. The molecule has 0 fully saturated rings. The highest BCUT2D eigenvalue weighted by molar-refractivity contribution is 5.98. The number of ether oxygens (including phenoxy) is 1. The number of likely N-dealkylation sites (N-methyl/N-ethyl adjacent to an activating group) is 1. The van der Waals surface area contributed by atoms with E-state index in [1.807, 2.05) is 13.0 Å². The van der Waals surface area contributed by atoms with E-state index in [2.05, 4.69) is 15.3 Å². The van der Waals surface area contributed by atoms with Crippen molar-refractivity contribution < 1.29 is 23.8 Å². The molecule has 194 valence electrons. The van der Waals surface area contributed by atoms with E-state index in [-0.39, 0.29) is 42.5 Å². The molecule has 0 saturated heterocycles. The molecule has 37 heavy (non-hydrogen) atoms. The molecular weight excluding hydrogens is 477 g/mol. The Morgan fingerprint density at radius 1 is 1.27 bits per heavy atom. The molecule has 1 aliphatic heterocycles. The highest BCUT2D eigenvalue weighted by Gasteiger charge is 2.34. The zero-order valence-electron chi connectivity index (χ0n) is 21.0. The van der Waals surface area contributed by atoms with Gasteiger partial charge in [-0.05, 0) is 43.3 Å². The van der Waals surface area contributed by atoms with Gasteiger partial charge in [-0.15, -0.1) is 0 Å². The van der Waals surface area contributed by atoms with Crippen LogP contribution < -0.4 is 10.1 Å². The van der Waals surface area contributed by atoms with Gasteiger partial charge in [0.15, 0.2) is 0 Å². The Balaban J connectivity index is 1.61. The Morgan fingerprint density at radius 2 is 2.03 bits per heavy atom. The van der Waals surface area contributed by atoms with Crippen molar-refractivity contribution in [3.8, 4) is 17.0 Å². The van der Waals surface area contributed by atoms with Crippen LogP contribution in [0.3, 0.4) is 0 Å². The average Bonchev–Trinajstić information content (AvgIpc) is 2.91. The van der Waals surface area contributed by atoms with Crippen molar-refractivity contribution in [2.45, 2.75) is 26.0 Å². The number of pyridine rings is 2. The summed E-state index contributed by atoms with van der Waals surface area (Å²) >= 11 is 0. The molecule has 3 aromatic rings. The van der Waals surface area contributed by atoms with Crippen LogP contribution in [0.2, 0.25) is 0 Å². The first-order chi connectivity index (χ1) is 17.8. The van der Waals surface area contributed by atoms with Crippen LogP contribution in [0.5, 0.6) is 5.88 Å². The summed E-state index contributed by atoms with van der Waals surface area (Å²) in [5.74, 6) is -0.705. The van der Waals surface area contributed by atoms with Gasteiger partial charge in [0.1, 0.15) is 17.5 Å². The van der Waals surface area contributed by atoms with Crippen molar-refractivity contribution in [2.75, 3.05) is 32.1 Å². The van der Waals surface area contributed by atoms with E-state index in [1.165, 1.54) is 29.2 Å². The number of carbonyl (C=O) groups is 2. The topological polar surface area (TPSA) is 108 Å². The summed E-state index contributed by atoms with van der Waals surface area (Å²) in [6.45, 7) is 4.03. The van der Waals surface area contributed by atoms with Crippen LogP contribution >= 0.6 is 0 Å². The summed E-state index contributed by atoms with van der Waals surface area (Å²) < 4.78 is 19.4. The molecule has 3 heterocycles. The van der Waals surface area contributed by atoms with Gasteiger partial charge in [-0.25, -0.2) is 14.2 Å². The molecular formula is C27H30FN5O4. The maximum atomic E-state index is 13.6. The Morgan fingerprint density at radius 3 is 2.70 bits per heavy atom. The van der Waals surface area contributed by atoms with Gasteiger partial charge in [0, 0.05) is 54.9 Å². The SMILES string of the molecule is C[C@@H]1CN([C@H](C)CO)C(=O)c2cc(-c3cccnc3)cnc2O[C@@H]1CN(C)C(=O)Nc1ccc(F)cc1. The minimum atomic E-state index is -0.499. The number of halogens is 1. The first-order valence-corrected chi connectivity index (χ1v) is 12.0. The first kappa shape index (κ1) is 26.0. The molecule has 1 aromatic carbocycles. The smallest absolute Gasteiger partial charge is 0.321 e. The van der Waals surface area contributed by atoms with E-state index in [0.717, 1.165) is 5.56 Å². The number of fused-ring (bicyclic) bond motifs is 1. The third-order valence-electron chi connectivity index (χ3n) is 6.41. The summed E-state index contributed by atoms with van der Waals surface area (Å²) in [5, 5.41) is 12.6. The summed E-state index contributed by atoms with van der Waals surface area (Å²) in [5.41, 5.74) is 2.25. The number of benzene rings is 1. The van der Waals surface area contributed by atoms with Crippen molar-refractivity contribution in [1.82, 2.24) is 19.8 Å². The minimum Gasteiger partial charge on any atom is -0.472 e. The molecule has 9 nitrogen and oxygen atoms in total. The van der Waals surface area contributed by atoms with Gasteiger partial charge in [-0.3, -0.25) is 9.78 Å². The lowest BCUT2D eigenvalue weighted by molar-refractivity contribution is 0.0356. The van der Waals surface area contributed by atoms with Gasteiger partial charge in [-0.1, -0.05) is 13.0 Å². The lowest BCUT2D eigenvalue weighted by Crippen LogP contribution is -2.50. The summed E-state index contributed by atoms with van der Waals surface area (Å²) in [6, 6.07) is 10.1. The number of hydrogen-bond acceptors (Lipinski definition) is 6. The third-order valence-corrected chi connectivity index (χ3v) is 6.41. The molecule has 2 aromatic heterocycles. The monoisotopic (exact) mass is 507 g/mol. The zero-order valence-corrected chi connectivity index (χ0v) is 21.0. The number of nitrogens with one attached hydrogen (secondary N) is 1. The first-order valence-electron chi connectivity index (χ1n) is 12.0. The lowest BCUT2D eigenvalue weighted by Gasteiger charge is -2.37. The van der Waals surface area contributed by atoms with Crippen LogP contribution in [0.25, 0.3) is 11.1 Å². The fourth-order valence-electron chi connectivity index (χ4n) is 4.12. The molecule has 0 spiro atoms. The second kappa shape index (κ2) is 11.3. The molecule has 3 amide bonds. The minimum absolute atomic E-state index is 0.164. The predicted molar refractivity (Wildman–Crippen MR) is 137 cm³/mol. The summed E-state index contributed by atoms with van der Waals surface area (Å²) in [7, 11) is 1.63. The molecule has 4 rings (SSSR count). The number of amides is 3. The fraction of sp³-hybridized carbons (Fsp3) is 0.333. The van der Waals surface area contributed by atoms with Crippen molar-refractivity contribution in [3.63, 3.8) is 0 Å². The summed E-state index contributed by atoms with van der Waals surface area (Å²) in [6.07, 6.45) is 4.47. The van der Waals surface area contributed by atoms with Crippen molar-refractivity contribution in [3.05, 3.63) is 72.4 Å². The number of urea groups is 1. The number of carbonyl (C=O) groups excluding carboxylic acids is 2. The normalized spacial score (nSPS) is 18.2.